The van der Waals surface area contributed by atoms with Crippen LogP contribution in [0.1, 0.15) is 119 Å². The summed E-state index contributed by atoms with van der Waals surface area (Å²) in [5, 5.41) is 13.8. The van der Waals surface area contributed by atoms with E-state index in [9.17, 15) is 19.1 Å². The van der Waals surface area contributed by atoms with E-state index in [1.165, 1.54) is 55.2 Å². The van der Waals surface area contributed by atoms with Crippen LogP contribution in [-0.4, -0.2) is 66.9 Å². The van der Waals surface area contributed by atoms with E-state index in [2.05, 4.69) is 65.6 Å². The third kappa shape index (κ3) is 5.19. The summed E-state index contributed by atoms with van der Waals surface area (Å²) in [6, 6.07) is 0. The van der Waals surface area contributed by atoms with Crippen molar-refractivity contribution >= 4 is 11.9 Å². The van der Waals surface area contributed by atoms with Gasteiger partial charge in [0.1, 0.15) is 6.67 Å². The SMILES string of the molecule is C=C(C)[C@@H]1CC[C@]2(NCC(=O)N3CCOCC3)CC[C@]3(C)[C@H](CC[C@@H]4[C@@]5(C)CC=C(C6=CC[C@](CF)(C(=O)O)CC6)C(C)(C)[C@@H]5CC[C@]43C)[C@@H]12. The van der Waals surface area contributed by atoms with Crippen LogP contribution in [0.3, 0.4) is 0 Å². The van der Waals surface area contributed by atoms with Gasteiger partial charge in [-0.05, 0) is 146 Å². The predicted octanol–water partition coefficient (Wildman–Crippen LogP) is 8.53. The molecule has 7 rings (SSSR count). The number of halogens is 1. The highest BCUT2D eigenvalue weighted by Gasteiger charge is 2.70. The number of fused-ring (bicyclic) bond motifs is 7. The van der Waals surface area contributed by atoms with E-state index >= 15 is 0 Å². The Kier molecular flexibility index (Phi) is 9.14. The minimum absolute atomic E-state index is 0.00138. The van der Waals surface area contributed by atoms with Crippen molar-refractivity contribution in [3.8, 4) is 0 Å². The molecule has 5 fully saturated rings. The molecule has 1 amide bonds. The van der Waals surface area contributed by atoms with Crippen LogP contribution in [0.4, 0.5) is 4.39 Å². The van der Waals surface area contributed by atoms with Gasteiger partial charge in [0.25, 0.3) is 0 Å². The molecule has 0 spiro atoms. The van der Waals surface area contributed by atoms with Gasteiger partial charge in [-0.2, -0.15) is 0 Å². The third-order valence-corrected chi connectivity index (χ3v) is 17.3. The Morgan fingerprint density at radius 2 is 1.68 bits per heavy atom. The lowest BCUT2D eigenvalue weighted by atomic mass is 9.33. The molecule has 7 aliphatic rings. The number of amides is 1. The number of carbonyl (C=O) groups is 2. The molecule has 0 aromatic rings. The number of morpholine rings is 1. The molecule has 1 saturated heterocycles. The average molecular weight is 693 g/mol. The fraction of sp³-hybridized carbons (Fsp3) is 0.814. The van der Waals surface area contributed by atoms with Crippen molar-refractivity contribution in [2.24, 2.45) is 56.7 Å². The average Bonchev–Trinajstić information content (AvgIpc) is 3.48. The highest BCUT2D eigenvalue weighted by Crippen LogP contribution is 2.76. The van der Waals surface area contributed by atoms with E-state index in [0.717, 1.165) is 19.3 Å². The molecule has 1 heterocycles. The number of carboxylic acids is 1. The van der Waals surface area contributed by atoms with Crippen molar-refractivity contribution in [2.75, 3.05) is 39.5 Å². The summed E-state index contributed by atoms with van der Waals surface area (Å²) >= 11 is 0. The lowest BCUT2D eigenvalue weighted by Crippen LogP contribution is -2.68. The summed E-state index contributed by atoms with van der Waals surface area (Å²) in [6.45, 7) is 22.0. The van der Waals surface area contributed by atoms with Crippen molar-refractivity contribution in [3.63, 3.8) is 0 Å². The van der Waals surface area contributed by atoms with Crippen molar-refractivity contribution in [1.82, 2.24) is 10.2 Å². The van der Waals surface area contributed by atoms with Gasteiger partial charge >= 0.3 is 5.97 Å². The van der Waals surface area contributed by atoms with Crippen molar-refractivity contribution < 1.29 is 23.8 Å². The van der Waals surface area contributed by atoms with E-state index < -0.39 is 18.1 Å². The van der Waals surface area contributed by atoms with Gasteiger partial charge in [-0.25, -0.2) is 4.39 Å². The number of carboxylic acid groups (broad SMARTS) is 1. The molecule has 2 N–H and O–H groups in total. The Morgan fingerprint density at radius 3 is 2.32 bits per heavy atom. The van der Waals surface area contributed by atoms with Crippen LogP contribution < -0.4 is 5.32 Å². The number of aliphatic carboxylic acids is 1. The topological polar surface area (TPSA) is 78.9 Å². The first-order valence-corrected chi connectivity index (χ1v) is 20.0. The number of alkyl halides is 1. The molecule has 0 unspecified atom stereocenters. The molecule has 0 aromatic heterocycles. The monoisotopic (exact) mass is 692 g/mol. The van der Waals surface area contributed by atoms with Gasteiger partial charge in [0.15, 0.2) is 0 Å². The largest absolute Gasteiger partial charge is 0.481 e. The van der Waals surface area contributed by atoms with Crippen LogP contribution in [0.15, 0.2) is 35.5 Å². The number of ether oxygens (including phenoxy) is 1. The molecule has 6 nitrogen and oxygen atoms in total. The van der Waals surface area contributed by atoms with Crippen LogP contribution in [0.25, 0.3) is 0 Å². The second-order valence-corrected chi connectivity index (χ2v) is 19.4. The first-order valence-electron chi connectivity index (χ1n) is 20.0. The predicted molar refractivity (Wildman–Crippen MR) is 196 cm³/mol. The highest BCUT2D eigenvalue weighted by atomic mass is 19.1. The van der Waals surface area contributed by atoms with E-state index in [4.69, 9.17) is 4.74 Å². The molecule has 0 aromatic carbocycles. The van der Waals surface area contributed by atoms with E-state index in [-0.39, 0.29) is 39.5 Å². The molecule has 7 heteroatoms. The zero-order valence-corrected chi connectivity index (χ0v) is 32.0. The first kappa shape index (κ1) is 36.4. The highest BCUT2D eigenvalue weighted by molar-refractivity contribution is 5.78. The lowest BCUT2D eigenvalue weighted by molar-refractivity contribution is -0.221. The standard InChI is InChI=1S/C43H65FN2O4/c1-28(2)30-12-19-43(45-26-35(47)46-22-24-50-25-23-46)21-20-40(6)32(36(30)43)8-9-34-39(5)15-13-31(38(3,4)33(39)14-16-41(34,40)7)29-10-17-42(27-44,18-11-29)37(48)49/h10,13,30,32-34,36,45H,1,8-9,11-12,14-27H2,2-7H3,(H,48,49)/t30-,32+,33-,34+,36+,39-,40+,41+,42-,43-/m0/s1. The number of nitrogens with zero attached hydrogens (tertiary/aromatic N) is 1. The van der Waals surface area contributed by atoms with Gasteiger partial charge < -0.3 is 20.1 Å². The molecule has 278 valence electrons. The Balaban J connectivity index is 1.16. The van der Waals surface area contributed by atoms with Crippen molar-refractivity contribution in [1.29, 1.82) is 0 Å². The van der Waals surface area contributed by atoms with Crippen LogP contribution >= 0.6 is 0 Å². The number of hydrogen-bond acceptors (Lipinski definition) is 4. The summed E-state index contributed by atoms with van der Waals surface area (Å²) in [5.74, 6) is 2.01. The fourth-order valence-corrected chi connectivity index (χ4v) is 14.3. The van der Waals surface area contributed by atoms with Gasteiger partial charge in [0.05, 0.1) is 25.2 Å². The van der Waals surface area contributed by atoms with Crippen LogP contribution in [0, 0.1) is 56.7 Å². The Morgan fingerprint density at radius 1 is 0.940 bits per heavy atom. The van der Waals surface area contributed by atoms with Crippen LogP contribution in [0.2, 0.25) is 0 Å². The quantitative estimate of drug-likeness (QED) is 0.262. The minimum atomic E-state index is -1.26. The van der Waals surface area contributed by atoms with Crippen molar-refractivity contribution in [2.45, 2.75) is 124 Å². The zero-order valence-electron chi connectivity index (χ0n) is 32.0. The molecule has 10 atom stereocenters. The first-order chi connectivity index (χ1) is 23.6. The minimum Gasteiger partial charge on any atom is -0.481 e. The number of nitrogens with one attached hydrogen (secondary N) is 1. The van der Waals surface area contributed by atoms with Gasteiger partial charge in [-0.1, -0.05) is 58.9 Å². The molecule has 6 aliphatic carbocycles. The van der Waals surface area contributed by atoms with Crippen LogP contribution in [-0.2, 0) is 14.3 Å². The van der Waals surface area contributed by atoms with Crippen molar-refractivity contribution in [3.05, 3.63) is 35.5 Å². The Labute approximate surface area is 301 Å². The number of allylic oxidation sites excluding steroid dienone is 5. The molecular formula is C43H65FN2O4. The van der Waals surface area contributed by atoms with E-state index in [1.54, 1.807) is 0 Å². The molecule has 0 bridgehead atoms. The van der Waals surface area contributed by atoms with Gasteiger partial charge in [-0.15, -0.1) is 0 Å². The van der Waals surface area contributed by atoms with Gasteiger partial charge in [0, 0.05) is 18.6 Å². The molecule has 1 aliphatic heterocycles. The Bertz CT molecular complexity index is 1460. The van der Waals surface area contributed by atoms with Gasteiger partial charge in [-0.3, -0.25) is 9.59 Å². The van der Waals surface area contributed by atoms with E-state index in [1.807, 2.05) is 4.90 Å². The third-order valence-electron chi connectivity index (χ3n) is 17.3. The van der Waals surface area contributed by atoms with E-state index in [0.29, 0.717) is 75.3 Å². The maximum atomic E-state index is 14.0. The normalized spacial score (nSPS) is 45.3. The summed E-state index contributed by atoms with van der Waals surface area (Å²) in [7, 11) is 0. The fourth-order valence-electron chi connectivity index (χ4n) is 14.3. The summed E-state index contributed by atoms with van der Waals surface area (Å²) in [5.41, 5.74) is 3.34. The molecular weight excluding hydrogens is 627 g/mol. The summed E-state index contributed by atoms with van der Waals surface area (Å²) in [6.07, 6.45) is 16.6. The molecule has 0 radical (unpaired) electrons. The zero-order chi connectivity index (χ0) is 35.9. The molecule has 4 saturated carbocycles. The van der Waals surface area contributed by atoms with Gasteiger partial charge in [0.2, 0.25) is 5.91 Å². The Hall–Kier alpha value is -1.99. The lowest BCUT2D eigenvalue weighted by Gasteiger charge is -2.72. The van der Waals surface area contributed by atoms with Crippen LogP contribution in [0.5, 0.6) is 0 Å². The maximum absolute atomic E-state index is 14.0. The summed E-state index contributed by atoms with van der Waals surface area (Å²) in [4.78, 5) is 27.3. The smallest absolute Gasteiger partial charge is 0.312 e. The second-order valence-electron chi connectivity index (χ2n) is 19.4. The number of rotatable bonds is 7. The number of hydrogen-bond donors (Lipinski definition) is 2. The summed E-state index contributed by atoms with van der Waals surface area (Å²) < 4.78 is 19.5. The number of carbonyl (C=O) groups excluding carboxylic acids is 1. The molecule has 50 heavy (non-hydrogen) atoms. The second kappa shape index (κ2) is 12.6. The maximum Gasteiger partial charge on any atom is 0.312 e.